The van der Waals surface area contributed by atoms with Crippen LogP contribution >= 0.6 is 0 Å². The van der Waals surface area contributed by atoms with Crippen LogP contribution in [0.5, 0.6) is 0 Å². The Morgan fingerprint density at radius 3 is 1.36 bits per heavy atom. The third kappa shape index (κ3) is 5.53. The van der Waals surface area contributed by atoms with Crippen LogP contribution in [0.3, 0.4) is 0 Å². The quantitative estimate of drug-likeness (QED) is 0.128. The molecule has 0 aromatic heterocycles. The van der Waals surface area contributed by atoms with Crippen LogP contribution < -0.4 is 4.90 Å². The van der Waals surface area contributed by atoms with Crippen molar-refractivity contribution < 1.29 is 9.59 Å². The van der Waals surface area contributed by atoms with Crippen LogP contribution in [-0.4, -0.2) is 11.6 Å². The molecule has 55 heavy (non-hydrogen) atoms. The number of carbonyl (C=O) groups is 2. The Kier molecular flexibility index (Phi) is 7.78. The number of hydrogen-bond donors (Lipinski definition) is 0. The lowest BCUT2D eigenvalue weighted by molar-refractivity contribution is 0.0991. The predicted octanol–water partition coefficient (Wildman–Crippen LogP) is 13.4. The highest BCUT2D eigenvalue weighted by molar-refractivity contribution is 6.46. The van der Waals surface area contributed by atoms with Crippen LogP contribution in [0.4, 0.5) is 17.1 Å². The van der Waals surface area contributed by atoms with Crippen molar-refractivity contribution >= 4 is 67.0 Å². The molecule has 0 N–H and O–H groups in total. The van der Waals surface area contributed by atoms with Crippen LogP contribution in [0.1, 0.15) is 26.3 Å². The largest absolute Gasteiger partial charge is 0.310 e. The second kappa shape index (κ2) is 13.2. The molecule has 0 atom stereocenters. The maximum Gasteiger partial charge on any atom is 0.198 e. The lowest BCUT2D eigenvalue weighted by Crippen LogP contribution is -2.09. The SMILES string of the molecule is O=C1C(=Cc2ccc3cc(N(c4ccccc4)c4ccc5ccccc5c4)ccc3c2)C(=O)c2c1c(-c1ccccc1)c1ccccc1c2-c1ccccc1. The normalized spacial score (nSPS) is 12.4. The minimum absolute atomic E-state index is 0.183. The zero-order valence-corrected chi connectivity index (χ0v) is 29.8. The molecule has 1 aliphatic rings. The van der Waals surface area contributed by atoms with Gasteiger partial charge < -0.3 is 4.90 Å². The fourth-order valence-electron chi connectivity index (χ4n) is 8.19. The molecule has 0 unspecified atom stereocenters. The summed E-state index contributed by atoms with van der Waals surface area (Å²) >= 11 is 0. The van der Waals surface area contributed by atoms with E-state index in [1.165, 1.54) is 10.8 Å². The average Bonchev–Trinajstić information content (AvgIpc) is 3.48. The topological polar surface area (TPSA) is 37.4 Å². The summed E-state index contributed by atoms with van der Waals surface area (Å²) in [6.45, 7) is 0. The summed E-state index contributed by atoms with van der Waals surface area (Å²) in [5.74, 6) is -0.489. The van der Waals surface area contributed by atoms with Crippen LogP contribution in [0.15, 0.2) is 200 Å². The second-order valence-corrected chi connectivity index (χ2v) is 14.0. The highest BCUT2D eigenvalue weighted by atomic mass is 16.2. The van der Waals surface area contributed by atoms with E-state index < -0.39 is 0 Å². The highest BCUT2D eigenvalue weighted by Gasteiger charge is 2.39. The lowest BCUT2D eigenvalue weighted by atomic mass is 9.84. The van der Waals surface area contributed by atoms with Crippen molar-refractivity contribution in [2.75, 3.05) is 4.90 Å². The molecule has 0 aliphatic heterocycles. The van der Waals surface area contributed by atoms with E-state index in [1.54, 1.807) is 6.08 Å². The molecule has 0 fully saturated rings. The molecule has 3 nitrogen and oxygen atoms in total. The van der Waals surface area contributed by atoms with Gasteiger partial charge in [-0.05, 0) is 97.5 Å². The van der Waals surface area contributed by atoms with E-state index in [9.17, 15) is 9.59 Å². The van der Waals surface area contributed by atoms with Gasteiger partial charge in [0.2, 0.25) is 0 Å². The molecule has 0 saturated heterocycles. The molecule has 258 valence electrons. The number of nitrogens with zero attached hydrogens (tertiary/aromatic N) is 1. The minimum Gasteiger partial charge on any atom is -0.310 e. The first-order valence-electron chi connectivity index (χ1n) is 18.5. The predicted molar refractivity (Wildman–Crippen MR) is 228 cm³/mol. The summed E-state index contributed by atoms with van der Waals surface area (Å²) in [4.78, 5) is 31.6. The Labute approximate surface area is 319 Å². The van der Waals surface area contributed by atoms with E-state index in [-0.39, 0.29) is 17.1 Å². The summed E-state index contributed by atoms with van der Waals surface area (Å²) in [6, 6.07) is 65.9. The maximum absolute atomic E-state index is 14.7. The van der Waals surface area contributed by atoms with Gasteiger partial charge in [-0.3, -0.25) is 9.59 Å². The van der Waals surface area contributed by atoms with Crippen molar-refractivity contribution in [2.45, 2.75) is 0 Å². The van der Waals surface area contributed by atoms with Gasteiger partial charge in [0, 0.05) is 39.3 Å². The van der Waals surface area contributed by atoms with Gasteiger partial charge in [0.05, 0.1) is 5.57 Å². The number of benzene rings is 9. The van der Waals surface area contributed by atoms with Gasteiger partial charge in [0.1, 0.15) is 0 Å². The molecular weight excluding hydrogens is 671 g/mol. The molecule has 9 aromatic rings. The number of rotatable bonds is 6. The zero-order chi connectivity index (χ0) is 36.9. The van der Waals surface area contributed by atoms with Crippen molar-refractivity contribution in [2.24, 2.45) is 0 Å². The van der Waals surface area contributed by atoms with E-state index in [1.807, 2.05) is 84.9 Å². The van der Waals surface area contributed by atoms with Gasteiger partial charge in [-0.2, -0.15) is 0 Å². The van der Waals surface area contributed by atoms with Gasteiger partial charge in [-0.1, -0.05) is 152 Å². The first-order valence-corrected chi connectivity index (χ1v) is 18.5. The Balaban J connectivity index is 1.09. The van der Waals surface area contributed by atoms with Gasteiger partial charge in [-0.25, -0.2) is 0 Å². The van der Waals surface area contributed by atoms with Crippen molar-refractivity contribution in [3.05, 3.63) is 216 Å². The number of anilines is 3. The second-order valence-electron chi connectivity index (χ2n) is 14.0. The number of ketones is 2. The van der Waals surface area contributed by atoms with Gasteiger partial charge in [-0.15, -0.1) is 0 Å². The highest BCUT2D eigenvalue weighted by Crippen LogP contribution is 2.47. The fourth-order valence-corrected chi connectivity index (χ4v) is 8.19. The molecule has 0 spiro atoms. The molecule has 9 aromatic carbocycles. The molecule has 0 heterocycles. The molecule has 0 radical (unpaired) electrons. The van der Waals surface area contributed by atoms with Crippen LogP contribution in [0.2, 0.25) is 0 Å². The maximum atomic E-state index is 14.7. The molecule has 3 heteroatoms. The number of para-hydroxylation sites is 1. The molecule has 0 saturated carbocycles. The van der Waals surface area contributed by atoms with Crippen molar-refractivity contribution in [1.82, 2.24) is 0 Å². The number of fused-ring (bicyclic) bond motifs is 4. The number of allylic oxidation sites excluding steroid dienone is 1. The Morgan fingerprint density at radius 2 is 0.782 bits per heavy atom. The summed E-state index contributed by atoms with van der Waals surface area (Å²) in [7, 11) is 0. The average molecular weight is 704 g/mol. The Hall–Kier alpha value is -7.36. The summed E-state index contributed by atoms with van der Waals surface area (Å²) in [5.41, 5.74) is 8.51. The van der Waals surface area contributed by atoms with Crippen molar-refractivity contribution in [3.8, 4) is 22.3 Å². The first-order chi connectivity index (χ1) is 27.1. The van der Waals surface area contributed by atoms with Gasteiger partial charge in [0.25, 0.3) is 0 Å². The van der Waals surface area contributed by atoms with Crippen LogP contribution in [0.25, 0.3) is 60.6 Å². The van der Waals surface area contributed by atoms with Crippen LogP contribution in [0, 0.1) is 0 Å². The monoisotopic (exact) mass is 703 g/mol. The summed E-state index contributed by atoms with van der Waals surface area (Å²) in [5, 5.41) is 6.34. The van der Waals surface area contributed by atoms with Crippen molar-refractivity contribution in [1.29, 1.82) is 0 Å². The van der Waals surface area contributed by atoms with Crippen LogP contribution in [-0.2, 0) is 0 Å². The molecule has 10 rings (SSSR count). The van der Waals surface area contributed by atoms with E-state index in [0.717, 1.165) is 66.4 Å². The van der Waals surface area contributed by atoms with Crippen molar-refractivity contribution in [3.63, 3.8) is 0 Å². The fraction of sp³-hybridized carbons (Fsp3) is 0. The van der Waals surface area contributed by atoms with E-state index >= 15 is 0 Å². The smallest absolute Gasteiger partial charge is 0.198 e. The van der Waals surface area contributed by atoms with E-state index in [0.29, 0.717) is 11.1 Å². The van der Waals surface area contributed by atoms with Gasteiger partial charge in [0.15, 0.2) is 11.6 Å². The first kappa shape index (κ1) is 32.3. The van der Waals surface area contributed by atoms with Gasteiger partial charge >= 0.3 is 0 Å². The minimum atomic E-state index is -0.244. The van der Waals surface area contributed by atoms with E-state index in [2.05, 4.69) is 114 Å². The summed E-state index contributed by atoms with van der Waals surface area (Å²) in [6.07, 6.45) is 1.78. The van der Waals surface area contributed by atoms with E-state index in [4.69, 9.17) is 0 Å². The molecular formula is C52H33NO2. The lowest BCUT2D eigenvalue weighted by Gasteiger charge is -2.26. The number of hydrogen-bond acceptors (Lipinski definition) is 3. The zero-order valence-electron chi connectivity index (χ0n) is 29.8. The molecule has 0 bridgehead atoms. The third-order valence-electron chi connectivity index (χ3n) is 10.7. The Bertz CT molecular complexity index is 2900. The summed E-state index contributed by atoms with van der Waals surface area (Å²) < 4.78 is 0. The molecule has 0 amide bonds. The Morgan fingerprint density at radius 1 is 0.345 bits per heavy atom. The third-order valence-corrected chi connectivity index (χ3v) is 10.7. The number of carbonyl (C=O) groups excluding carboxylic acids is 2. The number of Topliss-reactive ketones (excluding diaryl/α,β-unsaturated/α-hetero) is 2. The standard InChI is InChI=1S/C52H33NO2/c54-51-46(52(55)50-48(37-17-6-2-7-18-37)45-23-13-12-22-44(45)47(49(50)51)36-15-4-1-5-16-36)31-34-24-25-40-33-43(29-27-39(40)30-34)53(41-20-8-3-9-21-41)42-28-26-35-14-10-11-19-38(35)32-42/h1-33H. The molecule has 1 aliphatic carbocycles.